The SMILES string of the molecule is CNC(=O)CC(C)c1noc(-c2ccccc2)c1C. The van der Waals surface area contributed by atoms with Crippen LogP contribution < -0.4 is 5.32 Å². The van der Waals surface area contributed by atoms with Crippen LogP contribution in [-0.4, -0.2) is 18.1 Å². The molecular formula is C15H18N2O2. The Bertz CT molecular complexity index is 561. The molecule has 4 nitrogen and oxygen atoms in total. The van der Waals surface area contributed by atoms with E-state index >= 15 is 0 Å². The van der Waals surface area contributed by atoms with Crippen LogP contribution in [0.1, 0.15) is 30.5 Å². The van der Waals surface area contributed by atoms with Crippen LogP contribution in [0.5, 0.6) is 0 Å². The summed E-state index contributed by atoms with van der Waals surface area (Å²) in [5.74, 6) is 0.830. The summed E-state index contributed by atoms with van der Waals surface area (Å²) in [5.41, 5.74) is 2.86. The third-order valence-corrected chi connectivity index (χ3v) is 3.23. The van der Waals surface area contributed by atoms with Gasteiger partial charge in [-0.1, -0.05) is 42.4 Å². The van der Waals surface area contributed by atoms with Crippen LogP contribution >= 0.6 is 0 Å². The van der Waals surface area contributed by atoms with Gasteiger partial charge in [0.15, 0.2) is 5.76 Å². The number of benzene rings is 1. The zero-order chi connectivity index (χ0) is 13.8. The maximum Gasteiger partial charge on any atom is 0.220 e. The molecule has 0 aliphatic carbocycles. The van der Waals surface area contributed by atoms with Gasteiger partial charge in [0.1, 0.15) is 0 Å². The number of hydrogen-bond acceptors (Lipinski definition) is 3. The first-order valence-electron chi connectivity index (χ1n) is 6.35. The maximum atomic E-state index is 11.4. The first-order valence-corrected chi connectivity index (χ1v) is 6.35. The Morgan fingerprint density at radius 2 is 2.05 bits per heavy atom. The second kappa shape index (κ2) is 5.69. The Morgan fingerprint density at radius 1 is 1.37 bits per heavy atom. The monoisotopic (exact) mass is 258 g/mol. The first kappa shape index (κ1) is 13.3. The van der Waals surface area contributed by atoms with Gasteiger partial charge in [-0.2, -0.15) is 0 Å². The molecule has 0 radical (unpaired) electrons. The van der Waals surface area contributed by atoms with Crippen molar-refractivity contribution in [2.24, 2.45) is 0 Å². The van der Waals surface area contributed by atoms with Crippen molar-refractivity contribution in [2.75, 3.05) is 7.05 Å². The fourth-order valence-corrected chi connectivity index (χ4v) is 2.14. The highest BCUT2D eigenvalue weighted by molar-refractivity contribution is 5.76. The summed E-state index contributed by atoms with van der Waals surface area (Å²) in [6, 6.07) is 9.86. The van der Waals surface area contributed by atoms with E-state index in [1.807, 2.05) is 44.2 Å². The van der Waals surface area contributed by atoms with Gasteiger partial charge in [0.2, 0.25) is 5.91 Å². The lowest BCUT2D eigenvalue weighted by Crippen LogP contribution is -2.19. The largest absolute Gasteiger partial charge is 0.359 e. The summed E-state index contributed by atoms with van der Waals surface area (Å²) in [6.45, 7) is 3.96. The molecule has 0 aliphatic heterocycles. The number of aromatic nitrogens is 1. The topological polar surface area (TPSA) is 55.1 Å². The van der Waals surface area contributed by atoms with Crippen LogP contribution in [0.15, 0.2) is 34.9 Å². The number of nitrogens with zero attached hydrogens (tertiary/aromatic N) is 1. The zero-order valence-electron chi connectivity index (χ0n) is 11.4. The average Bonchev–Trinajstić information content (AvgIpc) is 2.81. The summed E-state index contributed by atoms with van der Waals surface area (Å²) >= 11 is 0. The first-order chi connectivity index (χ1) is 9.13. The molecule has 100 valence electrons. The summed E-state index contributed by atoms with van der Waals surface area (Å²) in [7, 11) is 1.64. The normalized spacial score (nSPS) is 12.2. The molecule has 1 atom stereocenters. The van der Waals surface area contributed by atoms with E-state index in [0.29, 0.717) is 6.42 Å². The molecule has 1 heterocycles. The van der Waals surface area contributed by atoms with Crippen molar-refractivity contribution in [3.8, 4) is 11.3 Å². The van der Waals surface area contributed by atoms with Crippen molar-refractivity contribution in [1.82, 2.24) is 10.5 Å². The summed E-state index contributed by atoms with van der Waals surface area (Å²) in [4.78, 5) is 11.4. The van der Waals surface area contributed by atoms with E-state index in [0.717, 1.165) is 22.6 Å². The van der Waals surface area contributed by atoms with Crippen molar-refractivity contribution in [3.63, 3.8) is 0 Å². The molecule has 0 bridgehead atoms. The van der Waals surface area contributed by atoms with E-state index < -0.39 is 0 Å². The quantitative estimate of drug-likeness (QED) is 0.917. The van der Waals surface area contributed by atoms with Crippen molar-refractivity contribution in [2.45, 2.75) is 26.2 Å². The maximum absolute atomic E-state index is 11.4. The van der Waals surface area contributed by atoms with Gasteiger partial charge < -0.3 is 9.84 Å². The third kappa shape index (κ3) is 2.84. The molecule has 1 unspecified atom stereocenters. The van der Waals surface area contributed by atoms with E-state index in [-0.39, 0.29) is 11.8 Å². The van der Waals surface area contributed by atoms with E-state index in [4.69, 9.17) is 4.52 Å². The van der Waals surface area contributed by atoms with Gasteiger partial charge in [-0.05, 0) is 6.92 Å². The smallest absolute Gasteiger partial charge is 0.220 e. The number of rotatable bonds is 4. The lowest BCUT2D eigenvalue weighted by Gasteiger charge is -2.07. The van der Waals surface area contributed by atoms with Crippen LogP contribution in [0, 0.1) is 6.92 Å². The highest BCUT2D eigenvalue weighted by atomic mass is 16.5. The summed E-state index contributed by atoms with van der Waals surface area (Å²) in [5, 5.41) is 6.75. The highest BCUT2D eigenvalue weighted by Crippen LogP contribution is 2.30. The third-order valence-electron chi connectivity index (χ3n) is 3.23. The van der Waals surface area contributed by atoms with E-state index in [1.54, 1.807) is 7.05 Å². The summed E-state index contributed by atoms with van der Waals surface area (Å²) in [6.07, 6.45) is 0.415. The molecule has 0 fully saturated rings. The zero-order valence-corrected chi connectivity index (χ0v) is 11.4. The fraction of sp³-hybridized carbons (Fsp3) is 0.333. The van der Waals surface area contributed by atoms with Crippen LogP contribution in [0.4, 0.5) is 0 Å². The molecule has 0 aliphatic rings. The number of amides is 1. The van der Waals surface area contributed by atoms with Crippen LogP contribution in [-0.2, 0) is 4.79 Å². The van der Waals surface area contributed by atoms with Gasteiger partial charge in [-0.3, -0.25) is 4.79 Å². The van der Waals surface area contributed by atoms with Crippen LogP contribution in [0.2, 0.25) is 0 Å². The molecule has 1 aromatic heterocycles. The second-order valence-electron chi connectivity index (χ2n) is 4.67. The standard InChI is InChI=1S/C15H18N2O2/c1-10(9-13(18)16-3)14-11(2)15(19-17-14)12-7-5-4-6-8-12/h4-8,10H,9H2,1-3H3,(H,16,18). The molecule has 19 heavy (non-hydrogen) atoms. The van der Waals surface area contributed by atoms with E-state index in [9.17, 15) is 4.79 Å². The predicted octanol–water partition coefficient (Wildman–Crippen LogP) is 2.89. The molecule has 1 aromatic carbocycles. The minimum absolute atomic E-state index is 0.0103. The van der Waals surface area contributed by atoms with Gasteiger partial charge >= 0.3 is 0 Å². The minimum Gasteiger partial charge on any atom is -0.359 e. The highest BCUT2D eigenvalue weighted by Gasteiger charge is 2.20. The van der Waals surface area contributed by atoms with Crippen molar-refractivity contribution in [1.29, 1.82) is 0 Å². The molecule has 0 spiro atoms. The molecule has 0 saturated heterocycles. The fourth-order valence-electron chi connectivity index (χ4n) is 2.14. The molecular weight excluding hydrogens is 240 g/mol. The van der Waals surface area contributed by atoms with Gasteiger partial charge in [-0.25, -0.2) is 0 Å². The Morgan fingerprint density at radius 3 is 2.68 bits per heavy atom. The summed E-state index contributed by atoms with van der Waals surface area (Å²) < 4.78 is 5.44. The number of carbonyl (C=O) groups is 1. The number of carbonyl (C=O) groups excluding carboxylic acids is 1. The lowest BCUT2D eigenvalue weighted by molar-refractivity contribution is -0.120. The molecule has 2 rings (SSSR count). The van der Waals surface area contributed by atoms with Gasteiger partial charge in [-0.15, -0.1) is 0 Å². The Kier molecular flexibility index (Phi) is 4.00. The number of hydrogen-bond donors (Lipinski definition) is 1. The Labute approximate surface area is 112 Å². The van der Waals surface area contributed by atoms with Crippen molar-refractivity contribution in [3.05, 3.63) is 41.6 Å². The van der Waals surface area contributed by atoms with Gasteiger partial charge in [0, 0.05) is 30.5 Å². The predicted molar refractivity (Wildman–Crippen MR) is 73.8 cm³/mol. The average molecular weight is 258 g/mol. The molecule has 4 heteroatoms. The van der Waals surface area contributed by atoms with E-state index in [2.05, 4.69) is 10.5 Å². The van der Waals surface area contributed by atoms with Gasteiger partial charge in [0.05, 0.1) is 5.69 Å². The number of nitrogens with one attached hydrogen (secondary N) is 1. The molecule has 2 aromatic rings. The van der Waals surface area contributed by atoms with Crippen molar-refractivity contribution < 1.29 is 9.32 Å². The molecule has 0 saturated carbocycles. The lowest BCUT2D eigenvalue weighted by atomic mass is 9.98. The van der Waals surface area contributed by atoms with Gasteiger partial charge in [0.25, 0.3) is 0 Å². The van der Waals surface area contributed by atoms with Crippen LogP contribution in [0.3, 0.4) is 0 Å². The Balaban J connectivity index is 2.26. The molecule has 1 amide bonds. The van der Waals surface area contributed by atoms with E-state index in [1.165, 1.54) is 0 Å². The second-order valence-corrected chi connectivity index (χ2v) is 4.67. The Hall–Kier alpha value is -2.10. The minimum atomic E-state index is 0.0103. The van der Waals surface area contributed by atoms with Crippen LogP contribution in [0.25, 0.3) is 11.3 Å². The van der Waals surface area contributed by atoms with Crippen molar-refractivity contribution >= 4 is 5.91 Å². The molecule has 1 N–H and O–H groups in total.